The number of aromatic nitrogens is 4. The van der Waals surface area contributed by atoms with E-state index < -0.39 is 16.0 Å². The van der Waals surface area contributed by atoms with Crippen molar-refractivity contribution in [3.63, 3.8) is 0 Å². The second-order valence-corrected chi connectivity index (χ2v) is 14.2. The Balaban J connectivity index is 1.43. The van der Waals surface area contributed by atoms with Crippen molar-refractivity contribution in [2.45, 2.75) is 58.5 Å². The molecule has 0 saturated heterocycles. The van der Waals surface area contributed by atoms with Crippen molar-refractivity contribution in [2.24, 2.45) is 5.41 Å². The standard InChI is InChI=1S/C34H38N6O5S/c1-22-8-6-9-23(2)31(22)29-18-30(38-33(37-29)39-46(43,44)28-11-7-10-25(17-28)32(41)42)45-21-26(19-34(3,4)5)35-20-24-13-15-40-27(16-24)12-14-36-40/h6-18,26,35H,19-21H2,1-5H3,(H,41,42)(H,37,38,39)/t26-/m1/s1. The average Bonchev–Trinajstić information content (AvgIpc) is 3.46. The number of pyridine rings is 1. The van der Waals surface area contributed by atoms with E-state index in [1.807, 2.05) is 54.9 Å². The third kappa shape index (κ3) is 8.06. The van der Waals surface area contributed by atoms with Crippen molar-refractivity contribution in [2.75, 3.05) is 11.3 Å². The summed E-state index contributed by atoms with van der Waals surface area (Å²) in [6, 6.07) is 18.7. The number of ether oxygens (including phenoxy) is 1. The molecule has 0 aliphatic heterocycles. The first-order chi connectivity index (χ1) is 21.8. The fourth-order valence-corrected chi connectivity index (χ4v) is 6.31. The first-order valence-electron chi connectivity index (χ1n) is 14.9. The van der Waals surface area contributed by atoms with Crippen LogP contribution in [0.1, 0.15) is 54.2 Å². The highest BCUT2D eigenvalue weighted by Crippen LogP contribution is 2.30. The van der Waals surface area contributed by atoms with Gasteiger partial charge in [0.1, 0.15) is 6.61 Å². The van der Waals surface area contributed by atoms with Gasteiger partial charge < -0.3 is 15.2 Å². The van der Waals surface area contributed by atoms with Gasteiger partial charge in [0, 0.05) is 36.6 Å². The molecule has 5 rings (SSSR count). The number of carbonyl (C=O) groups is 1. The average molecular weight is 643 g/mol. The molecule has 0 unspecified atom stereocenters. The minimum Gasteiger partial charge on any atom is -0.478 e. The van der Waals surface area contributed by atoms with Gasteiger partial charge in [-0.1, -0.05) is 45.0 Å². The van der Waals surface area contributed by atoms with E-state index in [-0.39, 0.29) is 40.4 Å². The van der Waals surface area contributed by atoms with E-state index in [2.05, 4.69) is 51.9 Å². The Morgan fingerprint density at radius 2 is 1.74 bits per heavy atom. The molecule has 5 aromatic rings. The van der Waals surface area contributed by atoms with Gasteiger partial charge in [-0.3, -0.25) is 0 Å². The van der Waals surface area contributed by atoms with Crippen LogP contribution in [0, 0.1) is 19.3 Å². The molecule has 0 bridgehead atoms. The summed E-state index contributed by atoms with van der Waals surface area (Å²) in [6.45, 7) is 11.3. The van der Waals surface area contributed by atoms with Crippen molar-refractivity contribution in [3.8, 4) is 17.1 Å². The van der Waals surface area contributed by atoms with E-state index in [9.17, 15) is 18.3 Å². The maximum atomic E-state index is 13.3. The van der Waals surface area contributed by atoms with Gasteiger partial charge in [0.05, 0.1) is 21.7 Å². The lowest BCUT2D eigenvalue weighted by atomic mass is 9.88. The molecular weight excluding hydrogens is 604 g/mol. The predicted molar refractivity (Wildman–Crippen MR) is 177 cm³/mol. The monoisotopic (exact) mass is 642 g/mol. The molecule has 240 valence electrons. The lowest BCUT2D eigenvalue weighted by Crippen LogP contribution is -2.37. The number of aromatic carboxylic acids is 1. The van der Waals surface area contributed by atoms with Gasteiger partial charge in [-0.15, -0.1) is 0 Å². The third-order valence-corrected chi connectivity index (χ3v) is 8.73. The maximum absolute atomic E-state index is 13.3. The summed E-state index contributed by atoms with van der Waals surface area (Å²) in [7, 11) is -4.22. The van der Waals surface area contributed by atoms with E-state index in [4.69, 9.17) is 4.74 Å². The number of carboxylic acid groups (broad SMARTS) is 1. The summed E-state index contributed by atoms with van der Waals surface area (Å²) in [6.07, 6.45) is 4.49. The zero-order chi connectivity index (χ0) is 33.1. The zero-order valence-electron chi connectivity index (χ0n) is 26.5. The Labute approximate surface area is 268 Å². The number of rotatable bonds is 12. The number of nitrogens with zero attached hydrogens (tertiary/aromatic N) is 4. The molecule has 0 aliphatic rings. The lowest BCUT2D eigenvalue weighted by molar-refractivity contribution is 0.0696. The van der Waals surface area contributed by atoms with Gasteiger partial charge in [-0.25, -0.2) is 27.4 Å². The molecule has 0 aliphatic carbocycles. The van der Waals surface area contributed by atoms with Crippen molar-refractivity contribution < 1.29 is 23.1 Å². The molecule has 3 N–H and O–H groups in total. The van der Waals surface area contributed by atoms with Gasteiger partial charge in [0.25, 0.3) is 10.0 Å². The van der Waals surface area contributed by atoms with E-state index in [0.29, 0.717) is 12.2 Å². The number of hydrogen-bond donors (Lipinski definition) is 3. The Morgan fingerprint density at radius 1 is 1.00 bits per heavy atom. The largest absolute Gasteiger partial charge is 0.478 e. The first kappa shape index (κ1) is 32.6. The van der Waals surface area contributed by atoms with Crippen molar-refractivity contribution in [3.05, 3.63) is 101 Å². The topological polar surface area (TPSA) is 148 Å². The summed E-state index contributed by atoms with van der Waals surface area (Å²) >= 11 is 0. The number of carboxylic acids is 1. The Bertz CT molecular complexity index is 1960. The van der Waals surface area contributed by atoms with Crippen LogP contribution in [0.3, 0.4) is 0 Å². The van der Waals surface area contributed by atoms with Crippen LogP contribution in [0.15, 0.2) is 84.0 Å². The fourth-order valence-electron chi connectivity index (χ4n) is 5.32. The molecule has 3 heterocycles. The summed E-state index contributed by atoms with van der Waals surface area (Å²) in [5, 5.41) is 17.2. The zero-order valence-corrected chi connectivity index (χ0v) is 27.3. The van der Waals surface area contributed by atoms with Crippen molar-refractivity contribution >= 4 is 27.5 Å². The highest BCUT2D eigenvalue weighted by molar-refractivity contribution is 7.92. The number of benzene rings is 2. The van der Waals surface area contributed by atoms with Gasteiger partial charge in [0.2, 0.25) is 11.8 Å². The Kier molecular flexibility index (Phi) is 9.40. The van der Waals surface area contributed by atoms with Crippen LogP contribution in [0.4, 0.5) is 5.95 Å². The van der Waals surface area contributed by atoms with Gasteiger partial charge in [-0.05, 0) is 78.8 Å². The minimum absolute atomic E-state index is 0.00317. The fraction of sp³-hybridized carbons (Fsp3) is 0.294. The summed E-state index contributed by atoms with van der Waals surface area (Å²) < 4.78 is 37.2. The Morgan fingerprint density at radius 3 is 2.46 bits per heavy atom. The molecule has 12 heteroatoms. The van der Waals surface area contributed by atoms with Crippen LogP contribution >= 0.6 is 0 Å². The number of hydrogen-bond acceptors (Lipinski definition) is 8. The van der Waals surface area contributed by atoms with E-state index >= 15 is 0 Å². The molecule has 0 saturated carbocycles. The Hall–Kier alpha value is -4.81. The van der Waals surface area contributed by atoms with Crippen LogP contribution in [-0.2, 0) is 16.6 Å². The lowest BCUT2D eigenvalue weighted by Gasteiger charge is -2.27. The molecule has 3 aromatic heterocycles. The van der Waals surface area contributed by atoms with E-state index in [0.717, 1.165) is 40.3 Å². The number of sulfonamides is 1. The van der Waals surface area contributed by atoms with E-state index in [1.54, 1.807) is 12.3 Å². The highest BCUT2D eigenvalue weighted by atomic mass is 32.2. The quantitative estimate of drug-likeness (QED) is 0.152. The highest BCUT2D eigenvalue weighted by Gasteiger charge is 2.22. The first-order valence-corrected chi connectivity index (χ1v) is 16.4. The molecule has 0 amide bonds. The molecule has 0 radical (unpaired) electrons. The summed E-state index contributed by atoms with van der Waals surface area (Å²) in [4.78, 5) is 20.2. The number of anilines is 1. The van der Waals surface area contributed by atoms with Gasteiger partial charge in [-0.2, -0.15) is 10.1 Å². The number of aryl methyl sites for hydroxylation is 2. The summed E-state index contributed by atoms with van der Waals surface area (Å²) in [5.74, 6) is -1.22. The molecule has 1 atom stereocenters. The van der Waals surface area contributed by atoms with Crippen LogP contribution in [0.25, 0.3) is 16.8 Å². The second kappa shape index (κ2) is 13.3. The second-order valence-electron chi connectivity index (χ2n) is 12.5. The van der Waals surface area contributed by atoms with E-state index in [1.165, 1.54) is 18.2 Å². The summed E-state index contributed by atoms with van der Waals surface area (Å²) in [5.41, 5.74) is 5.19. The minimum atomic E-state index is -4.22. The van der Waals surface area contributed by atoms with Gasteiger partial charge in [0.15, 0.2) is 0 Å². The van der Waals surface area contributed by atoms with Crippen LogP contribution in [0.5, 0.6) is 5.88 Å². The van der Waals surface area contributed by atoms with Gasteiger partial charge >= 0.3 is 5.97 Å². The number of fused-ring (bicyclic) bond motifs is 1. The van der Waals surface area contributed by atoms with Crippen LogP contribution in [-0.4, -0.2) is 51.7 Å². The molecule has 11 nitrogen and oxygen atoms in total. The van der Waals surface area contributed by atoms with Crippen LogP contribution < -0.4 is 14.8 Å². The maximum Gasteiger partial charge on any atom is 0.335 e. The smallest absolute Gasteiger partial charge is 0.335 e. The predicted octanol–water partition coefficient (Wildman–Crippen LogP) is 5.88. The van der Waals surface area contributed by atoms with Crippen LogP contribution in [0.2, 0.25) is 0 Å². The molecule has 0 spiro atoms. The molecule has 2 aromatic carbocycles. The number of nitrogens with one attached hydrogen (secondary N) is 2. The normalized spacial score (nSPS) is 12.6. The molecule has 46 heavy (non-hydrogen) atoms. The molecule has 0 fully saturated rings. The third-order valence-electron chi connectivity index (χ3n) is 7.41. The van der Waals surface area contributed by atoms with Crippen molar-refractivity contribution in [1.82, 2.24) is 24.9 Å². The van der Waals surface area contributed by atoms with Crippen molar-refractivity contribution in [1.29, 1.82) is 0 Å². The molecular formula is C34H38N6O5S. The SMILES string of the molecule is Cc1cccc(C)c1-c1cc(OC[C@@H](CC(C)(C)C)NCc2ccn3nccc3c2)nc(NS(=O)(=O)c2cccc(C(=O)O)c2)n1.